The third-order valence-electron chi connectivity index (χ3n) is 6.31. The van der Waals surface area contributed by atoms with Crippen molar-refractivity contribution in [3.8, 4) is 11.5 Å². The second kappa shape index (κ2) is 10.1. The zero-order valence-electron chi connectivity index (χ0n) is 18.5. The van der Waals surface area contributed by atoms with Crippen molar-refractivity contribution in [3.05, 3.63) is 71.8 Å². The molecule has 0 aliphatic carbocycles. The number of fused-ring (bicyclic) bond motifs is 1. The number of piperidine rings is 1. The van der Waals surface area contributed by atoms with Crippen LogP contribution in [-0.2, 0) is 0 Å². The highest BCUT2D eigenvalue weighted by atomic mass is 16.5. The molecule has 31 heavy (non-hydrogen) atoms. The zero-order chi connectivity index (χ0) is 21.6. The van der Waals surface area contributed by atoms with Crippen LogP contribution in [0.5, 0.6) is 11.5 Å². The van der Waals surface area contributed by atoms with Gasteiger partial charge in [-0.05, 0) is 60.0 Å². The predicted octanol–water partition coefficient (Wildman–Crippen LogP) is 4.63. The lowest BCUT2D eigenvalue weighted by Crippen LogP contribution is -2.41. The first-order valence-corrected chi connectivity index (χ1v) is 11.1. The van der Waals surface area contributed by atoms with Crippen molar-refractivity contribution < 1.29 is 9.47 Å². The molecular formula is C26H33N3O2. The van der Waals surface area contributed by atoms with Gasteiger partial charge in [0.1, 0.15) is 0 Å². The highest BCUT2D eigenvalue weighted by molar-refractivity contribution is 5.86. The Bertz CT molecular complexity index is 996. The maximum absolute atomic E-state index is 6.64. The maximum Gasteiger partial charge on any atom is 0.161 e. The Morgan fingerprint density at radius 3 is 2.42 bits per heavy atom. The summed E-state index contributed by atoms with van der Waals surface area (Å²) in [7, 11) is 3.36. The number of rotatable bonds is 8. The number of benzene rings is 3. The van der Waals surface area contributed by atoms with Crippen molar-refractivity contribution in [2.24, 2.45) is 5.73 Å². The van der Waals surface area contributed by atoms with Crippen LogP contribution < -0.4 is 20.5 Å². The molecule has 0 bridgehead atoms. The fourth-order valence-corrected chi connectivity index (χ4v) is 4.62. The molecule has 5 nitrogen and oxygen atoms in total. The molecule has 3 aromatic rings. The minimum Gasteiger partial charge on any atom is -0.493 e. The molecule has 1 heterocycles. The van der Waals surface area contributed by atoms with Gasteiger partial charge in [0.05, 0.1) is 20.4 Å². The fourth-order valence-electron chi connectivity index (χ4n) is 4.62. The number of ether oxygens (including phenoxy) is 2. The highest BCUT2D eigenvalue weighted by Crippen LogP contribution is 2.33. The summed E-state index contributed by atoms with van der Waals surface area (Å²) in [5.74, 6) is 1.52. The van der Waals surface area contributed by atoms with Gasteiger partial charge in [-0.3, -0.25) is 10.2 Å². The molecule has 4 rings (SSSR count). The van der Waals surface area contributed by atoms with E-state index < -0.39 is 0 Å². The predicted molar refractivity (Wildman–Crippen MR) is 127 cm³/mol. The van der Waals surface area contributed by atoms with Crippen molar-refractivity contribution >= 4 is 10.8 Å². The number of nitrogens with zero attached hydrogens (tertiary/aromatic N) is 1. The summed E-state index contributed by atoms with van der Waals surface area (Å²) in [6.07, 6.45) is 3.54. The molecule has 0 aromatic heterocycles. The lowest BCUT2D eigenvalue weighted by atomic mass is 9.99. The Balaban J connectivity index is 1.57. The van der Waals surface area contributed by atoms with Gasteiger partial charge in [0.2, 0.25) is 0 Å². The monoisotopic (exact) mass is 419 g/mol. The van der Waals surface area contributed by atoms with Gasteiger partial charge in [-0.2, -0.15) is 0 Å². The van der Waals surface area contributed by atoms with Crippen molar-refractivity contribution in [2.75, 3.05) is 33.9 Å². The van der Waals surface area contributed by atoms with Gasteiger partial charge in [-0.15, -0.1) is 0 Å². The molecule has 0 spiro atoms. The van der Waals surface area contributed by atoms with E-state index >= 15 is 0 Å². The standard InChI is InChI=1S/C26H33N3O2/c1-30-24-14-13-20(17-25(24)31-2)23(29-15-6-3-7-16-29)18-28-26(27)22-12-8-10-19-9-4-5-11-21(19)22/h4-5,8-14,17,23,26,28H,3,6-7,15-16,18,27H2,1-2H3. The number of hydrogen-bond acceptors (Lipinski definition) is 5. The molecule has 3 aromatic carbocycles. The Kier molecular flexibility index (Phi) is 7.07. The molecule has 164 valence electrons. The molecule has 1 aliphatic heterocycles. The van der Waals surface area contributed by atoms with Crippen LogP contribution in [0.25, 0.3) is 10.8 Å². The molecule has 1 fully saturated rings. The molecule has 0 saturated carbocycles. The molecule has 0 amide bonds. The molecule has 3 N–H and O–H groups in total. The molecule has 5 heteroatoms. The second-order valence-electron chi connectivity index (χ2n) is 8.18. The van der Waals surface area contributed by atoms with E-state index in [0.29, 0.717) is 0 Å². The molecule has 2 atom stereocenters. The van der Waals surface area contributed by atoms with Crippen LogP contribution in [0.1, 0.15) is 42.6 Å². The SMILES string of the molecule is COc1ccc(C(CNC(N)c2cccc3ccccc23)N2CCCCC2)cc1OC. The summed E-state index contributed by atoms with van der Waals surface area (Å²) in [6, 6.07) is 21.2. The minimum atomic E-state index is -0.237. The van der Waals surface area contributed by atoms with Crippen LogP contribution in [0.15, 0.2) is 60.7 Å². The molecule has 1 saturated heterocycles. The quantitative estimate of drug-likeness (QED) is 0.521. The minimum absolute atomic E-state index is 0.223. The average molecular weight is 420 g/mol. The van der Waals surface area contributed by atoms with Gasteiger partial charge in [0, 0.05) is 12.6 Å². The van der Waals surface area contributed by atoms with Crippen molar-refractivity contribution in [2.45, 2.75) is 31.5 Å². The van der Waals surface area contributed by atoms with E-state index in [2.05, 4.69) is 64.8 Å². The lowest BCUT2D eigenvalue weighted by molar-refractivity contribution is 0.157. The third kappa shape index (κ3) is 4.85. The smallest absolute Gasteiger partial charge is 0.161 e. The fraction of sp³-hybridized carbons (Fsp3) is 0.385. The highest BCUT2D eigenvalue weighted by Gasteiger charge is 2.24. The van der Waals surface area contributed by atoms with Gasteiger partial charge >= 0.3 is 0 Å². The Labute approximate surface area is 185 Å². The van der Waals surface area contributed by atoms with Crippen LogP contribution in [-0.4, -0.2) is 38.8 Å². The Morgan fingerprint density at radius 1 is 0.903 bits per heavy atom. The first kappa shape index (κ1) is 21.6. The number of nitrogens with two attached hydrogens (primary N) is 1. The molecular weight excluding hydrogens is 386 g/mol. The van der Waals surface area contributed by atoms with E-state index in [4.69, 9.17) is 15.2 Å². The van der Waals surface area contributed by atoms with Crippen LogP contribution in [0.3, 0.4) is 0 Å². The summed E-state index contributed by atoms with van der Waals surface area (Å²) in [4.78, 5) is 2.56. The second-order valence-corrected chi connectivity index (χ2v) is 8.18. The van der Waals surface area contributed by atoms with Gasteiger partial charge in [0.15, 0.2) is 11.5 Å². The van der Waals surface area contributed by atoms with E-state index in [-0.39, 0.29) is 12.2 Å². The van der Waals surface area contributed by atoms with E-state index in [1.165, 1.54) is 35.6 Å². The van der Waals surface area contributed by atoms with E-state index in [1.54, 1.807) is 14.2 Å². The topological polar surface area (TPSA) is 59.8 Å². The average Bonchev–Trinajstić information content (AvgIpc) is 2.84. The Hall–Kier alpha value is -2.60. The van der Waals surface area contributed by atoms with Crippen LogP contribution in [0.2, 0.25) is 0 Å². The first-order chi connectivity index (χ1) is 15.2. The number of hydrogen-bond donors (Lipinski definition) is 2. The van der Waals surface area contributed by atoms with Gasteiger partial charge in [-0.25, -0.2) is 0 Å². The molecule has 2 unspecified atom stereocenters. The van der Waals surface area contributed by atoms with Gasteiger partial charge in [-0.1, -0.05) is 55.0 Å². The first-order valence-electron chi connectivity index (χ1n) is 11.1. The molecule has 0 radical (unpaired) electrons. The third-order valence-corrected chi connectivity index (χ3v) is 6.31. The number of likely N-dealkylation sites (tertiary alicyclic amines) is 1. The van der Waals surface area contributed by atoms with E-state index in [0.717, 1.165) is 36.7 Å². The summed E-state index contributed by atoms with van der Waals surface area (Å²) >= 11 is 0. The summed E-state index contributed by atoms with van der Waals surface area (Å²) in [5.41, 5.74) is 8.99. The van der Waals surface area contributed by atoms with Crippen molar-refractivity contribution in [1.82, 2.24) is 10.2 Å². The number of nitrogens with one attached hydrogen (secondary N) is 1. The largest absolute Gasteiger partial charge is 0.493 e. The van der Waals surface area contributed by atoms with Gasteiger partial charge < -0.3 is 15.2 Å². The summed E-state index contributed by atoms with van der Waals surface area (Å²) in [5, 5.41) is 6.03. The summed E-state index contributed by atoms with van der Waals surface area (Å²) in [6.45, 7) is 2.97. The van der Waals surface area contributed by atoms with E-state index in [1.807, 2.05) is 6.07 Å². The van der Waals surface area contributed by atoms with Crippen molar-refractivity contribution in [1.29, 1.82) is 0 Å². The van der Waals surface area contributed by atoms with Gasteiger partial charge in [0.25, 0.3) is 0 Å². The van der Waals surface area contributed by atoms with Crippen molar-refractivity contribution in [3.63, 3.8) is 0 Å². The molecule has 1 aliphatic rings. The van der Waals surface area contributed by atoms with Crippen LogP contribution >= 0.6 is 0 Å². The number of methoxy groups -OCH3 is 2. The maximum atomic E-state index is 6.64. The Morgan fingerprint density at radius 2 is 1.65 bits per heavy atom. The normalized spacial score (nSPS) is 16.7. The van der Waals surface area contributed by atoms with Crippen LogP contribution in [0, 0.1) is 0 Å². The lowest BCUT2D eigenvalue weighted by Gasteiger charge is -2.36. The van der Waals surface area contributed by atoms with E-state index in [9.17, 15) is 0 Å². The van der Waals surface area contributed by atoms with Crippen LogP contribution in [0.4, 0.5) is 0 Å². The summed E-state index contributed by atoms with van der Waals surface area (Å²) < 4.78 is 11.0. The zero-order valence-corrected chi connectivity index (χ0v) is 18.5.